The van der Waals surface area contributed by atoms with Crippen LogP contribution >= 0.6 is 27.5 Å². The number of halogens is 2. The summed E-state index contributed by atoms with van der Waals surface area (Å²) in [5.74, 6) is 0.145. The van der Waals surface area contributed by atoms with Crippen LogP contribution in [0.15, 0.2) is 16.7 Å². The van der Waals surface area contributed by atoms with Gasteiger partial charge in [-0.2, -0.15) is 5.10 Å². The molecule has 1 aliphatic rings. The first-order valence-electron chi connectivity index (χ1n) is 7.42. The lowest BCUT2D eigenvalue weighted by Gasteiger charge is -2.24. The normalized spacial score (nSPS) is 18.7. The number of hydrogen-bond donors (Lipinski definition) is 0. The molecule has 23 heavy (non-hydrogen) atoms. The second-order valence-corrected chi connectivity index (χ2v) is 7.89. The van der Waals surface area contributed by atoms with E-state index in [0.717, 1.165) is 16.6 Å². The summed E-state index contributed by atoms with van der Waals surface area (Å²) in [5.41, 5.74) is 1.07. The maximum absolute atomic E-state index is 12.2. The summed E-state index contributed by atoms with van der Waals surface area (Å²) < 4.78 is 7.80. The molecule has 0 saturated carbocycles. The first kappa shape index (κ1) is 16.5. The lowest BCUT2D eigenvalue weighted by atomic mass is 10.1. The molecule has 1 aliphatic heterocycles. The van der Waals surface area contributed by atoms with Crippen LogP contribution in [0.3, 0.4) is 0 Å². The van der Waals surface area contributed by atoms with Crippen LogP contribution < -0.4 is 0 Å². The molecular formula is C15H18BrClN4O2. The molecule has 0 N–H and O–H groups in total. The molecule has 1 fully saturated rings. The van der Waals surface area contributed by atoms with Crippen LogP contribution in [0.25, 0.3) is 5.65 Å². The summed E-state index contributed by atoms with van der Waals surface area (Å²) in [6.07, 6.45) is 2.22. The Hall–Kier alpha value is -1.34. The number of carbonyl (C=O) groups is 1. The molecular weight excluding hydrogens is 384 g/mol. The summed E-state index contributed by atoms with van der Waals surface area (Å²) in [4.78, 5) is 18.5. The predicted octanol–water partition coefficient (Wildman–Crippen LogP) is 3.87. The zero-order valence-electron chi connectivity index (χ0n) is 13.2. The summed E-state index contributed by atoms with van der Waals surface area (Å²) >= 11 is 9.70. The third kappa shape index (κ3) is 3.45. The SMILES string of the molecule is CC(C)(C)OC(=O)N1CCC(c2cc(Cl)n3ncc(Br)c3n2)C1. The van der Waals surface area contributed by atoms with E-state index in [1.807, 2.05) is 26.8 Å². The van der Waals surface area contributed by atoms with Gasteiger partial charge in [0.15, 0.2) is 5.65 Å². The van der Waals surface area contributed by atoms with Crippen molar-refractivity contribution in [1.82, 2.24) is 19.5 Å². The quantitative estimate of drug-likeness (QED) is 0.681. The van der Waals surface area contributed by atoms with E-state index in [0.29, 0.717) is 23.9 Å². The van der Waals surface area contributed by atoms with Crippen molar-refractivity contribution in [2.75, 3.05) is 13.1 Å². The standard InChI is InChI=1S/C15H18BrClN4O2/c1-15(2,3)23-14(22)20-5-4-9(8-20)11-6-12(17)21-13(19-11)10(16)7-18-21/h6-7,9H,4-5,8H2,1-3H3. The van der Waals surface area contributed by atoms with Gasteiger partial charge in [-0.05, 0) is 49.2 Å². The Labute approximate surface area is 147 Å². The molecule has 1 unspecified atom stereocenters. The lowest BCUT2D eigenvalue weighted by molar-refractivity contribution is 0.0292. The Balaban J connectivity index is 1.79. The second kappa shape index (κ2) is 5.94. The molecule has 0 aromatic carbocycles. The average Bonchev–Trinajstić information content (AvgIpc) is 3.05. The smallest absolute Gasteiger partial charge is 0.410 e. The largest absolute Gasteiger partial charge is 0.444 e. The predicted molar refractivity (Wildman–Crippen MR) is 90.9 cm³/mol. The number of carbonyl (C=O) groups excluding carboxylic acids is 1. The van der Waals surface area contributed by atoms with E-state index < -0.39 is 5.60 Å². The summed E-state index contributed by atoms with van der Waals surface area (Å²) in [6.45, 7) is 6.84. The van der Waals surface area contributed by atoms with Crippen molar-refractivity contribution in [2.24, 2.45) is 0 Å². The van der Waals surface area contributed by atoms with Gasteiger partial charge in [0.2, 0.25) is 0 Å². The molecule has 1 saturated heterocycles. The van der Waals surface area contributed by atoms with Crippen LogP contribution in [0.4, 0.5) is 4.79 Å². The van der Waals surface area contributed by atoms with Crippen LogP contribution in [0.2, 0.25) is 5.15 Å². The minimum atomic E-state index is -0.488. The van der Waals surface area contributed by atoms with Gasteiger partial charge in [-0.25, -0.2) is 14.3 Å². The highest BCUT2D eigenvalue weighted by Crippen LogP contribution is 2.30. The van der Waals surface area contributed by atoms with Crippen molar-refractivity contribution >= 4 is 39.3 Å². The Morgan fingerprint density at radius 1 is 1.48 bits per heavy atom. The van der Waals surface area contributed by atoms with Gasteiger partial charge in [-0.1, -0.05) is 11.6 Å². The van der Waals surface area contributed by atoms with Crippen molar-refractivity contribution in [1.29, 1.82) is 0 Å². The van der Waals surface area contributed by atoms with Gasteiger partial charge in [0.05, 0.1) is 16.4 Å². The van der Waals surface area contributed by atoms with Crippen LogP contribution in [0, 0.1) is 0 Å². The van der Waals surface area contributed by atoms with E-state index in [1.165, 1.54) is 0 Å². The number of nitrogens with zero attached hydrogens (tertiary/aromatic N) is 4. The summed E-state index contributed by atoms with van der Waals surface area (Å²) in [7, 11) is 0. The summed E-state index contributed by atoms with van der Waals surface area (Å²) in [6, 6.07) is 1.82. The van der Waals surface area contributed by atoms with Gasteiger partial charge >= 0.3 is 6.09 Å². The zero-order valence-corrected chi connectivity index (χ0v) is 15.6. The molecule has 3 heterocycles. The molecule has 6 nitrogen and oxygen atoms in total. The number of fused-ring (bicyclic) bond motifs is 1. The number of ether oxygens (including phenoxy) is 1. The maximum atomic E-state index is 12.2. The van der Waals surface area contributed by atoms with Gasteiger partial charge in [0.1, 0.15) is 10.8 Å². The number of hydrogen-bond acceptors (Lipinski definition) is 4. The van der Waals surface area contributed by atoms with Gasteiger partial charge < -0.3 is 9.64 Å². The van der Waals surface area contributed by atoms with Gasteiger partial charge in [0.25, 0.3) is 0 Å². The molecule has 3 rings (SSSR count). The van der Waals surface area contributed by atoms with Crippen molar-refractivity contribution in [3.05, 3.63) is 27.6 Å². The Bertz CT molecular complexity index is 756. The third-order valence-electron chi connectivity index (χ3n) is 3.66. The van der Waals surface area contributed by atoms with E-state index in [-0.39, 0.29) is 12.0 Å². The fourth-order valence-electron chi connectivity index (χ4n) is 2.62. The third-order valence-corrected chi connectivity index (χ3v) is 4.49. The number of likely N-dealkylation sites (tertiary alicyclic amines) is 1. The van der Waals surface area contributed by atoms with E-state index in [1.54, 1.807) is 15.6 Å². The topological polar surface area (TPSA) is 59.7 Å². The van der Waals surface area contributed by atoms with E-state index in [2.05, 4.69) is 26.0 Å². The van der Waals surface area contributed by atoms with E-state index >= 15 is 0 Å². The van der Waals surface area contributed by atoms with Gasteiger partial charge in [-0.3, -0.25) is 0 Å². The molecule has 0 radical (unpaired) electrons. The number of amides is 1. The molecule has 8 heteroatoms. The fourth-order valence-corrected chi connectivity index (χ4v) is 3.20. The Kier molecular flexibility index (Phi) is 4.27. The molecule has 124 valence electrons. The van der Waals surface area contributed by atoms with Gasteiger partial charge in [-0.15, -0.1) is 0 Å². The molecule has 2 aromatic rings. The highest BCUT2D eigenvalue weighted by molar-refractivity contribution is 9.10. The zero-order chi connectivity index (χ0) is 16.8. The second-order valence-electron chi connectivity index (χ2n) is 6.64. The minimum Gasteiger partial charge on any atom is -0.444 e. The Morgan fingerprint density at radius 3 is 2.91 bits per heavy atom. The number of rotatable bonds is 1. The minimum absolute atomic E-state index is 0.145. The number of aromatic nitrogens is 3. The molecule has 1 amide bonds. The lowest BCUT2D eigenvalue weighted by Crippen LogP contribution is -2.35. The van der Waals surface area contributed by atoms with Crippen LogP contribution in [-0.2, 0) is 4.74 Å². The van der Waals surface area contributed by atoms with Crippen molar-refractivity contribution in [3.63, 3.8) is 0 Å². The van der Waals surface area contributed by atoms with Crippen LogP contribution in [-0.4, -0.2) is 44.3 Å². The van der Waals surface area contributed by atoms with Crippen LogP contribution in [0.5, 0.6) is 0 Å². The van der Waals surface area contributed by atoms with Crippen molar-refractivity contribution < 1.29 is 9.53 Å². The molecule has 0 spiro atoms. The van der Waals surface area contributed by atoms with Crippen molar-refractivity contribution in [2.45, 2.75) is 38.7 Å². The molecule has 1 atom stereocenters. The highest BCUT2D eigenvalue weighted by atomic mass is 79.9. The first-order chi connectivity index (χ1) is 10.7. The van der Waals surface area contributed by atoms with Gasteiger partial charge in [0, 0.05) is 19.0 Å². The van der Waals surface area contributed by atoms with Crippen LogP contribution in [0.1, 0.15) is 38.8 Å². The molecule has 0 bridgehead atoms. The monoisotopic (exact) mass is 400 g/mol. The highest BCUT2D eigenvalue weighted by Gasteiger charge is 2.31. The molecule has 2 aromatic heterocycles. The summed E-state index contributed by atoms with van der Waals surface area (Å²) in [5, 5.41) is 4.67. The van der Waals surface area contributed by atoms with Crippen molar-refractivity contribution in [3.8, 4) is 0 Å². The first-order valence-corrected chi connectivity index (χ1v) is 8.59. The van der Waals surface area contributed by atoms with E-state index in [9.17, 15) is 4.79 Å². The fraction of sp³-hybridized carbons (Fsp3) is 0.533. The van der Waals surface area contributed by atoms with E-state index in [4.69, 9.17) is 16.3 Å². The molecule has 0 aliphatic carbocycles. The average molecular weight is 402 g/mol. The maximum Gasteiger partial charge on any atom is 0.410 e. The Morgan fingerprint density at radius 2 is 2.22 bits per heavy atom.